The van der Waals surface area contributed by atoms with Crippen LogP contribution in [-0.4, -0.2) is 45.0 Å². The van der Waals surface area contributed by atoms with Crippen LogP contribution in [-0.2, 0) is 11.3 Å². The van der Waals surface area contributed by atoms with Gasteiger partial charge in [0.25, 0.3) is 0 Å². The van der Waals surface area contributed by atoms with Crippen LogP contribution in [0.15, 0.2) is 43.4 Å². The molecule has 1 fully saturated rings. The first-order chi connectivity index (χ1) is 15.5. The second kappa shape index (κ2) is 7.94. The number of aryl methyl sites for hydroxylation is 1. The third-order valence-electron chi connectivity index (χ3n) is 6.14. The van der Waals surface area contributed by atoms with Gasteiger partial charge in [0.15, 0.2) is 0 Å². The quantitative estimate of drug-likeness (QED) is 0.459. The molecule has 164 valence electrons. The number of amides is 1. The van der Waals surface area contributed by atoms with Crippen molar-refractivity contribution in [2.75, 3.05) is 19.4 Å². The number of likely N-dealkylation sites (tertiary alicyclic amines) is 1. The molecular formula is C24H25N5O2S. The Labute approximate surface area is 190 Å². The second-order valence-corrected chi connectivity index (χ2v) is 9.23. The Kier molecular flexibility index (Phi) is 5.09. The molecule has 0 spiro atoms. The van der Waals surface area contributed by atoms with Crippen molar-refractivity contribution in [3.8, 4) is 16.2 Å². The minimum Gasteiger partial charge on any atom is -0.495 e. The Hall–Kier alpha value is -3.39. The number of ether oxygens (including phenoxy) is 1. The van der Waals surface area contributed by atoms with Crippen LogP contribution in [0, 0.1) is 6.92 Å². The first-order valence-electron chi connectivity index (χ1n) is 10.6. The highest BCUT2D eigenvalue weighted by atomic mass is 32.1. The van der Waals surface area contributed by atoms with E-state index in [-0.39, 0.29) is 11.9 Å². The zero-order chi connectivity index (χ0) is 22.4. The summed E-state index contributed by atoms with van der Waals surface area (Å²) in [6.45, 7) is 7.12. The van der Waals surface area contributed by atoms with E-state index in [9.17, 15) is 4.79 Å². The number of carbonyl (C=O) groups excluding carboxylic acids is 1. The number of nitrogens with two attached hydrogens (primary N) is 1. The van der Waals surface area contributed by atoms with Gasteiger partial charge < -0.3 is 19.9 Å². The number of fused-ring (bicyclic) bond motifs is 2. The molecular weight excluding hydrogens is 422 g/mol. The van der Waals surface area contributed by atoms with Gasteiger partial charge in [-0.15, -0.1) is 11.3 Å². The molecule has 1 aliphatic heterocycles. The van der Waals surface area contributed by atoms with Gasteiger partial charge in [-0.1, -0.05) is 12.6 Å². The van der Waals surface area contributed by atoms with Crippen LogP contribution < -0.4 is 10.5 Å². The fourth-order valence-electron chi connectivity index (χ4n) is 4.68. The lowest BCUT2D eigenvalue weighted by atomic mass is 10.1. The zero-order valence-electron chi connectivity index (χ0n) is 18.2. The van der Waals surface area contributed by atoms with E-state index < -0.39 is 0 Å². The van der Waals surface area contributed by atoms with Gasteiger partial charge in [-0.25, -0.2) is 9.97 Å². The average molecular weight is 448 g/mol. The number of rotatable bonds is 5. The van der Waals surface area contributed by atoms with Crippen LogP contribution in [0.1, 0.15) is 18.4 Å². The van der Waals surface area contributed by atoms with Gasteiger partial charge in [0.2, 0.25) is 5.91 Å². The highest BCUT2D eigenvalue weighted by molar-refractivity contribution is 7.22. The maximum absolute atomic E-state index is 12.3. The van der Waals surface area contributed by atoms with Gasteiger partial charge in [0.05, 0.1) is 17.2 Å². The summed E-state index contributed by atoms with van der Waals surface area (Å²) in [7, 11) is 1.70. The summed E-state index contributed by atoms with van der Waals surface area (Å²) in [5.41, 5.74) is 9.26. The monoisotopic (exact) mass is 447 g/mol. The number of nitrogen functional groups attached to an aromatic ring is 1. The van der Waals surface area contributed by atoms with Gasteiger partial charge in [-0.2, -0.15) is 0 Å². The molecule has 7 nitrogen and oxygen atoms in total. The summed E-state index contributed by atoms with van der Waals surface area (Å²) < 4.78 is 8.82. The number of benzene rings is 1. The molecule has 1 aromatic carbocycles. The Morgan fingerprint density at radius 3 is 3.00 bits per heavy atom. The molecule has 1 amide bonds. The summed E-state index contributed by atoms with van der Waals surface area (Å²) in [5.74, 6) is 1.30. The maximum atomic E-state index is 12.3. The summed E-state index contributed by atoms with van der Waals surface area (Å²) in [6.07, 6.45) is 6.92. The van der Waals surface area contributed by atoms with Crippen molar-refractivity contribution < 1.29 is 9.53 Å². The van der Waals surface area contributed by atoms with E-state index in [0.717, 1.165) is 62.3 Å². The number of methoxy groups -OCH3 is 1. The molecule has 0 radical (unpaired) electrons. The predicted molar refractivity (Wildman–Crippen MR) is 129 cm³/mol. The number of nitrogens with zero attached hydrogens (tertiary/aromatic N) is 4. The van der Waals surface area contributed by atoms with Crippen LogP contribution >= 0.6 is 11.3 Å². The predicted octanol–water partition coefficient (Wildman–Crippen LogP) is 4.39. The minimum atomic E-state index is -0.0229. The maximum Gasteiger partial charge on any atom is 0.246 e. The Balaban J connectivity index is 1.63. The Morgan fingerprint density at radius 1 is 1.38 bits per heavy atom. The summed E-state index contributed by atoms with van der Waals surface area (Å²) >= 11 is 1.67. The molecule has 3 aromatic heterocycles. The number of carbonyl (C=O) groups is 1. The van der Waals surface area contributed by atoms with Crippen LogP contribution in [0.25, 0.3) is 31.6 Å². The molecule has 5 rings (SSSR count). The molecule has 1 atom stereocenters. The first kappa shape index (κ1) is 20.5. The van der Waals surface area contributed by atoms with Crippen molar-refractivity contribution in [3.63, 3.8) is 0 Å². The molecule has 2 N–H and O–H groups in total. The zero-order valence-corrected chi connectivity index (χ0v) is 19.0. The van der Waals surface area contributed by atoms with Crippen molar-refractivity contribution in [3.05, 3.63) is 48.9 Å². The lowest BCUT2D eigenvalue weighted by molar-refractivity contribution is -0.126. The molecule has 4 aromatic rings. The average Bonchev–Trinajstić information content (AvgIpc) is 3.50. The first-order valence-corrected chi connectivity index (χ1v) is 11.4. The normalized spacial score (nSPS) is 16.2. The number of hydrogen-bond donors (Lipinski definition) is 1. The molecule has 8 heteroatoms. The van der Waals surface area contributed by atoms with Crippen molar-refractivity contribution in [2.45, 2.75) is 32.4 Å². The number of thiophene rings is 1. The lowest BCUT2D eigenvalue weighted by Crippen LogP contribution is -2.36. The number of hydrogen-bond acceptors (Lipinski definition) is 6. The van der Waals surface area contributed by atoms with E-state index in [1.54, 1.807) is 18.4 Å². The molecule has 4 heterocycles. The summed E-state index contributed by atoms with van der Waals surface area (Å²) in [6, 6.07) is 6.48. The van der Waals surface area contributed by atoms with Crippen molar-refractivity contribution in [2.24, 2.45) is 0 Å². The van der Waals surface area contributed by atoms with Crippen LogP contribution in [0.2, 0.25) is 0 Å². The number of aromatic nitrogens is 3. The van der Waals surface area contributed by atoms with E-state index in [2.05, 4.69) is 52.4 Å². The van der Waals surface area contributed by atoms with Gasteiger partial charge in [0, 0.05) is 35.8 Å². The van der Waals surface area contributed by atoms with Gasteiger partial charge in [-0.3, -0.25) is 4.79 Å². The van der Waals surface area contributed by atoms with Crippen LogP contribution in [0.3, 0.4) is 0 Å². The Morgan fingerprint density at radius 2 is 2.22 bits per heavy atom. The number of anilines is 1. The molecule has 1 unspecified atom stereocenters. The molecule has 1 saturated heterocycles. The largest absolute Gasteiger partial charge is 0.495 e. The highest BCUT2D eigenvalue weighted by Crippen LogP contribution is 2.43. The van der Waals surface area contributed by atoms with Crippen LogP contribution in [0.4, 0.5) is 5.82 Å². The Bertz CT molecular complexity index is 1360. The smallest absolute Gasteiger partial charge is 0.246 e. The highest BCUT2D eigenvalue weighted by Gasteiger charge is 2.29. The van der Waals surface area contributed by atoms with E-state index in [1.807, 2.05) is 4.90 Å². The fourth-order valence-corrected chi connectivity index (χ4v) is 5.83. The van der Waals surface area contributed by atoms with E-state index >= 15 is 0 Å². The second-order valence-electron chi connectivity index (χ2n) is 8.18. The standard InChI is InChI=1S/C24H25N5O2S/c1-4-20(30)29-7-5-6-16(29)11-28-12-17(21-23(25)26-13-27-24(21)28)19-10-15-8-14(2)9-18(31-3)22(15)32-19/h4,8-10,12-13,16H,1,5-7,11H2,2-3H3,(H2,25,26,27). The van der Waals surface area contributed by atoms with Crippen LogP contribution in [0.5, 0.6) is 5.75 Å². The molecule has 32 heavy (non-hydrogen) atoms. The van der Waals surface area contributed by atoms with E-state index in [1.165, 1.54) is 12.4 Å². The van der Waals surface area contributed by atoms with E-state index in [4.69, 9.17) is 10.5 Å². The van der Waals surface area contributed by atoms with Crippen molar-refractivity contribution >= 4 is 44.2 Å². The van der Waals surface area contributed by atoms with Gasteiger partial charge in [-0.05, 0) is 48.9 Å². The molecule has 1 aliphatic rings. The fraction of sp³-hybridized carbons (Fsp3) is 0.292. The molecule has 0 bridgehead atoms. The summed E-state index contributed by atoms with van der Waals surface area (Å²) in [5, 5.41) is 1.98. The molecule has 0 aliphatic carbocycles. The minimum absolute atomic E-state index is 0.0229. The topological polar surface area (TPSA) is 86.3 Å². The van der Waals surface area contributed by atoms with Crippen molar-refractivity contribution in [1.29, 1.82) is 0 Å². The third kappa shape index (κ3) is 3.31. The van der Waals surface area contributed by atoms with Gasteiger partial charge >= 0.3 is 0 Å². The SMILES string of the molecule is C=CC(=O)N1CCCC1Cn1cc(-c2cc3cc(C)cc(OC)c3s2)c2c(N)ncnc21. The lowest BCUT2D eigenvalue weighted by Gasteiger charge is -2.24. The van der Waals surface area contributed by atoms with E-state index in [0.29, 0.717) is 12.4 Å². The molecule has 0 saturated carbocycles. The van der Waals surface area contributed by atoms with Gasteiger partial charge in [0.1, 0.15) is 23.5 Å². The summed E-state index contributed by atoms with van der Waals surface area (Å²) in [4.78, 5) is 24.1. The third-order valence-corrected chi connectivity index (χ3v) is 7.34. The van der Waals surface area contributed by atoms with Crippen molar-refractivity contribution in [1.82, 2.24) is 19.4 Å².